The van der Waals surface area contributed by atoms with E-state index in [9.17, 15) is 9.59 Å². The first-order valence-electron chi connectivity index (χ1n) is 5.60. The molecule has 0 fully saturated rings. The number of thiophene rings is 1. The first-order chi connectivity index (χ1) is 8.45. The third kappa shape index (κ3) is 3.73. The van der Waals surface area contributed by atoms with E-state index < -0.39 is 17.9 Å². The maximum atomic E-state index is 11.9. The van der Waals surface area contributed by atoms with Gasteiger partial charge in [-0.25, -0.2) is 4.79 Å². The number of nitrogens with one attached hydrogen (secondary N) is 1. The average molecular weight is 271 g/mol. The second-order valence-corrected chi connectivity index (χ2v) is 5.23. The molecule has 1 amide bonds. The Kier molecular flexibility index (Phi) is 5.15. The molecule has 1 heterocycles. The van der Waals surface area contributed by atoms with Crippen LogP contribution >= 0.6 is 11.3 Å². The second-order valence-electron chi connectivity index (χ2n) is 4.31. The number of rotatable bonds is 6. The van der Waals surface area contributed by atoms with Crippen LogP contribution in [-0.2, 0) is 4.79 Å². The van der Waals surface area contributed by atoms with Gasteiger partial charge in [0, 0.05) is 0 Å². The first kappa shape index (κ1) is 14.5. The number of hydrogen-bond donors (Lipinski definition) is 2. The summed E-state index contributed by atoms with van der Waals surface area (Å²) in [7, 11) is 1.47. The number of carbonyl (C=O) groups is 2. The SMILES string of the molecule is COc1ccsc1C(=O)N[C@@H](CC(C)C)C(=O)O. The predicted molar refractivity (Wildman–Crippen MR) is 69.2 cm³/mol. The standard InChI is InChI=1S/C12H17NO4S/c1-7(2)6-8(12(15)16)13-11(14)10-9(17-3)4-5-18-10/h4-5,7-8H,6H2,1-3H3,(H,13,14)(H,15,16)/t8-/m0/s1. The van der Waals surface area contributed by atoms with Gasteiger partial charge in [0.25, 0.3) is 5.91 Å². The van der Waals surface area contributed by atoms with E-state index in [-0.39, 0.29) is 5.92 Å². The minimum Gasteiger partial charge on any atom is -0.495 e. The zero-order valence-electron chi connectivity index (χ0n) is 10.6. The molecule has 0 bridgehead atoms. The van der Waals surface area contributed by atoms with Crippen molar-refractivity contribution in [1.82, 2.24) is 5.32 Å². The summed E-state index contributed by atoms with van der Waals surface area (Å²) in [6, 6.07) is 0.807. The lowest BCUT2D eigenvalue weighted by Crippen LogP contribution is -2.41. The van der Waals surface area contributed by atoms with E-state index in [0.717, 1.165) is 0 Å². The molecule has 0 aliphatic carbocycles. The number of carboxylic acid groups (broad SMARTS) is 1. The van der Waals surface area contributed by atoms with Gasteiger partial charge in [0.1, 0.15) is 16.7 Å². The highest BCUT2D eigenvalue weighted by molar-refractivity contribution is 7.12. The predicted octanol–water partition coefficient (Wildman–Crippen LogP) is 1.99. The summed E-state index contributed by atoms with van der Waals surface area (Å²) in [6.45, 7) is 3.82. The molecule has 0 aromatic carbocycles. The average Bonchev–Trinajstić information content (AvgIpc) is 2.75. The van der Waals surface area contributed by atoms with Crippen LogP contribution in [0, 0.1) is 5.92 Å². The van der Waals surface area contributed by atoms with E-state index in [1.165, 1.54) is 18.4 Å². The molecule has 0 unspecified atom stereocenters. The van der Waals surface area contributed by atoms with Crippen LogP contribution in [0.5, 0.6) is 5.75 Å². The Hall–Kier alpha value is -1.56. The molecule has 0 saturated heterocycles. The Labute approximate surface area is 110 Å². The van der Waals surface area contributed by atoms with Crippen molar-refractivity contribution in [2.45, 2.75) is 26.3 Å². The number of methoxy groups -OCH3 is 1. The van der Waals surface area contributed by atoms with Crippen molar-refractivity contribution < 1.29 is 19.4 Å². The lowest BCUT2D eigenvalue weighted by Gasteiger charge is -2.16. The molecule has 1 aromatic heterocycles. The molecular formula is C12H17NO4S. The van der Waals surface area contributed by atoms with Crippen molar-refractivity contribution in [3.05, 3.63) is 16.3 Å². The summed E-state index contributed by atoms with van der Waals surface area (Å²) in [6.07, 6.45) is 0.398. The highest BCUT2D eigenvalue weighted by atomic mass is 32.1. The number of aliphatic carboxylic acids is 1. The van der Waals surface area contributed by atoms with Crippen LogP contribution in [0.25, 0.3) is 0 Å². The molecule has 1 atom stereocenters. The quantitative estimate of drug-likeness (QED) is 0.829. The number of ether oxygens (including phenoxy) is 1. The molecule has 0 aliphatic heterocycles. The minimum atomic E-state index is -1.02. The topological polar surface area (TPSA) is 75.6 Å². The van der Waals surface area contributed by atoms with E-state index in [2.05, 4.69) is 5.32 Å². The first-order valence-corrected chi connectivity index (χ1v) is 6.48. The van der Waals surface area contributed by atoms with Gasteiger partial charge in [0.05, 0.1) is 7.11 Å². The normalized spacial score (nSPS) is 12.2. The summed E-state index contributed by atoms with van der Waals surface area (Å²) in [4.78, 5) is 23.4. The third-order valence-corrected chi connectivity index (χ3v) is 3.26. The van der Waals surface area contributed by atoms with Crippen molar-refractivity contribution in [3.8, 4) is 5.75 Å². The highest BCUT2D eigenvalue weighted by Crippen LogP contribution is 2.24. The monoisotopic (exact) mass is 271 g/mol. The molecule has 0 saturated carbocycles. The second kappa shape index (κ2) is 6.39. The van der Waals surface area contributed by atoms with Crippen LogP contribution < -0.4 is 10.1 Å². The molecule has 5 nitrogen and oxygen atoms in total. The summed E-state index contributed by atoms with van der Waals surface area (Å²) in [5.41, 5.74) is 0. The Morgan fingerprint density at radius 1 is 1.50 bits per heavy atom. The Morgan fingerprint density at radius 3 is 2.67 bits per heavy atom. The molecule has 0 spiro atoms. The van der Waals surface area contributed by atoms with Crippen LogP contribution in [0.3, 0.4) is 0 Å². The molecule has 2 N–H and O–H groups in total. The maximum Gasteiger partial charge on any atom is 0.326 e. The van der Waals surface area contributed by atoms with Crippen LogP contribution in [-0.4, -0.2) is 30.1 Å². The van der Waals surface area contributed by atoms with Gasteiger partial charge in [0.15, 0.2) is 0 Å². The molecule has 1 aromatic rings. The summed E-state index contributed by atoms with van der Waals surface area (Å²) >= 11 is 1.22. The van der Waals surface area contributed by atoms with Crippen LogP contribution in [0.1, 0.15) is 29.9 Å². The van der Waals surface area contributed by atoms with Crippen molar-refractivity contribution in [2.75, 3.05) is 7.11 Å². The van der Waals surface area contributed by atoms with Gasteiger partial charge in [-0.3, -0.25) is 4.79 Å². The largest absolute Gasteiger partial charge is 0.495 e. The molecule has 18 heavy (non-hydrogen) atoms. The molecule has 0 aliphatic rings. The Bertz CT molecular complexity index is 427. The van der Waals surface area contributed by atoms with Crippen molar-refractivity contribution >= 4 is 23.2 Å². The van der Waals surface area contributed by atoms with Crippen LogP contribution in [0.2, 0.25) is 0 Å². The van der Waals surface area contributed by atoms with Crippen molar-refractivity contribution in [2.24, 2.45) is 5.92 Å². The van der Waals surface area contributed by atoms with E-state index in [0.29, 0.717) is 17.0 Å². The molecule has 6 heteroatoms. The lowest BCUT2D eigenvalue weighted by atomic mass is 10.0. The van der Waals surface area contributed by atoms with Gasteiger partial charge >= 0.3 is 5.97 Å². The van der Waals surface area contributed by atoms with Crippen LogP contribution in [0.4, 0.5) is 0 Å². The number of hydrogen-bond acceptors (Lipinski definition) is 4. The lowest BCUT2D eigenvalue weighted by molar-refractivity contribution is -0.139. The van der Waals surface area contributed by atoms with Crippen molar-refractivity contribution in [1.29, 1.82) is 0 Å². The fourth-order valence-corrected chi connectivity index (χ4v) is 2.30. The van der Waals surface area contributed by atoms with E-state index in [1.54, 1.807) is 11.4 Å². The Morgan fingerprint density at radius 2 is 2.17 bits per heavy atom. The maximum absolute atomic E-state index is 11.9. The molecule has 0 radical (unpaired) electrons. The van der Waals surface area contributed by atoms with E-state index in [4.69, 9.17) is 9.84 Å². The zero-order chi connectivity index (χ0) is 13.7. The number of amides is 1. The molecular weight excluding hydrogens is 254 g/mol. The minimum absolute atomic E-state index is 0.191. The van der Waals surface area contributed by atoms with E-state index >= 15 is 0 Å². The fraction of sp³-hybridized carbons (Fsp3) is 0.500. The molecule has 100 valence electrons. The summed E-state index contributed by atoms with van der Waals surface area (Å²) in [5.74, 6) is -0.773. The van der Waals surface area contributed by atoms with Crippen molar-refractivity contribution in [3.63, 3.8) is 0 Å². The molecule has 1 rings (SSSR count). The van der Waals surface area contributed by atoms with Gasteiger partial charge < -0.3 is 15.2 Å². The zero-order valence-corrected chi connectivity index (χ0v) is 11.4. The third-order valence-electron chi connectivity index (χ3n) is 2.37. The van der Waals surface area contributed by atoms with Crippen LogP contribution in [0.15, 0.2) is 11.4 Å². The van der Waals surface area contributed by atoms with Gasteiger partial charge in [-0.15, -0.1) is 11.3 Å². The number of carbonyl (C=O) groups excluding carboxylic acids is 1. The fourth-order valence-electron chi connectivity index (χ4n) is 1.54. The summed E-state index contributed by atoms with van der Waals surface area (Å²) < 4.78 is 5.03. The smallest absolute Gasteiger partial charge is 0.326 e. The van der Waals surface area contributed by atoms with Gasteiger partial charge in [-0.05, 0) is 23.8 Å². The van der Waals surface area contributed by atoms with Gasteiger partial charge in [0.2, 0.25) is 0 Å². The number of carboxylic acids is 1. The highest BCUT2D eigenvalue weighted by Gasteiger charge is 2.23. The van der Waals surface area contributed by atoms with Gasteiger partial charge in [-0.2, -0.15) is 0 Å². The van der Waals surface area contributed by atoms with Gasteiger partial charge in [-0.1, -0.05) is 13.8 Å². The summed E-state index contributed by atoms with van der Waals surface area (Å²) in [5, 5.41) is 13.3. The Balaban J connectivity index is 2.75. The van der Waals surface area contributed by atoms with E-state index in [1.807, 2.05) is 13.8 Å².